The van der Waals surface area contributed by atoms with Crippen LogP contribution in [0.25, 0.3) is 0 Å². The normalized spacial score (nSPS) is 14.0. The number of benzene rings is 1. The van der Waals surface area contributed by atoms with Crippen LogP contribution in [0.5, 0.6) is 0 Å². The lowest BCUT2D eigenvalue weighted by atomic mass is 10.0. The summed E-state index contributed by atoms with van der Waals surface area (Å²) in [6.45, 7) is 7.34. The third kappa shape index (κ3) is 3.23. The summed E-state index contributed by atoms with van der Waals surface area (Å²) in [6.07, 6.45) is 0. The van der Waals surface area contributed by atoms with Crippen molar-refractivity contribution >= 4 is 11.6 Å². The SMILES string of the molecule is CCN(CC(C)(NC)C(N)=O)c1cccc(C)c1. The van der Waals surface area contributed by atoms with Gasteiger partial charge in [-0.25, -0.2) is 0 Å². The van der Waals surface area contributed by atoms with Gasteiger partial charge in [-0.2, -0.15) is 0 Å². The summed E-state index contributed by atoms with van der Waals surface area (Å²) in [5.74, 6) is -0.337. The van der Waals surface area contributed by atoms with Gasteiger partial charge in [-0.15, -0.1) is 0 Å². The number of rotatable bonds is 6. The molecule has 1 amide bonds. The first-order valence-corrected chi connectivity index (χ1v) is 6.23. The zero-order chi connectivity index (χ0) is 13.8. The predicted molar refractivity (Wildman–Crippen MR) is 75.7 cm³/mol. The summed E-state index contributed by atoms with van der Waals surface area (Å²) < 4.78 is 0. The minimum absolute atomic E-state index is 0.337. The zero-order valence-electron chi connectivity index (χ0n) is 11.7. The Balaban J connectivity index is 2.94. The molecule has 100 valence electrons. The van der Waals surface area contributed by atoms with Crippen molar-refractivity contribution in [2.75, 3.05) is 25.0 Å². The third-order valence-electron chi connectivity index (χ3n) is 3.35. The third-order valence-corrected chi connectivity index (χ3v) is 3.35. The minimum Gasteiger partial charge on any atom is -0.369 e. The Hall–Kier alpha value is -1.55. The van der Waals surface area contributed by atoms with E-state index in [1.54, 1.807) is 7.05 Å². The molecule has 4 nitrogen and oxygen atoms in total. The second-order valence-corrected chi connectivity index (χ2v) is 4.80. The zero-order valence-corrected chi connectivity index (χ0v) is 11.7. The number of hydrogen-bond acceptors (Lipinski definition) is 3. The van der Waals surface area contributed by atoms with E-state index in [-0.39, 0.29) is 5.91 Å². The molecule has 1 aromatic carbocycles. The first kappa shape index (κ1) is 14.5. The maximum absolute atomic E-state index is 11.5. The second-order valence-electron chi connectivity index (χ2n) is 4.80. The lowest BCUT2D eigenvalue weighted by Crippen LogP contribution is -2.58. The van der Waals surface area contributed by atoms with E-state index < -0.39 is 5.54 Å². The highest BCUT2D eigenvalue weighted by atomic mass is 16.1. The number of aryl methyl sites for hydroxylation is 1. The molecule has 0 aromatic heterocycles. The van der Waals surface area contributed by atoms with E-state index in [1.165, 1.54) is 5.56 Å². The standard InChI is InChI=1S/C14H23N3O/c1-5-17(10-14(3,16-4)13(15)18)12-8-6-7-11(2)9-12/h6-9,16H,5,10H2,1-4H3,(H2,15,18). The van der Waals surface area contributed by atoms with Gasteiger partial charge < -0.3 is 16.0 Å². The molecule has 1 aromatic rings. The van der Waals surface area contributed by atoms with Gasteiger partial charge in [0.1, 0.15) is 5.54 Å². The van der Waals surface area contributed by atoms with E-state index in [2.05, 4.69) is 36.2 Å². The van der Waals surface area contributed by atoms with Crippen molar-refractivity contribution < 1.29 is 4.79 Å². The summed E-state index contributed by atoms with van der Waals surface area (Å²) in [5, 5.41) is 3.01. The van der Waals surface area contributed by atoms with Crippen LogP contribution in [0.1, 0.15) is 19.4 Å². The summed E-state index contributed by atoms with van der Waals surface area (Å²) in [6, 6.07) is 8.24. The molecule has 3 N–H and O–H groups in total. The van der Waals surface area contributed by atoms with Crippen molar-refractivity contribution in [3.63, 3.8) is 0 Å². The largest absolute Gasteiger partial charge is 0.369 e. The van der Waals surface area contributed by atoms with Crippen LogP contribution in [0.2, 0.25) is 0 Å². The number of anilines is 1. The van der Waals surface area contributed by atoms with Gasteiger partial charge in [0.15, 0.2) is 0 Å². The van der Waals surface area contributed by atoms with Gasteiger partial charge in [0.25, 0.3) is 0 Å². The number of amides is 1. The van der Waals surface area contributed by atoms with Crippen LogP contribution in [0, 0.1) is 6.92 Å². The second kappa shape index (κ2) is 5.87. The van der Waals surface area contributed by atoms with Gasteiger partial charge in [0.05, 0.1) is 0 Å². The number of nitrogens with two attached hydrogens (primary N) is 1. The van der Waals surface area contributed by atoms with Crippen molar-refractivity contribution in [1.82, 2.24) is 5.32 Å². The summed E-state index contributed by atoms with van der Waals surface area (Å²) >= 11 is 0. The van der Waals surface area contributed by atoms with Crippen molar-refractivity contribution in [2.45, 2.75) is 26.3 Å². The monoisotopic (exact) mass is 249 g/mol. The maximum atomic E-state index is 11.5. The average molecular weight is 249 g/mol. The molecule has 1 atom stereocenters. The first-order valence-electron chi connectivity index (χ1n) is 6.23. The molecule has 0 bridgehead atoms. The van der Waals surface area contributed by atoms with E-state index in [0.717, 1.165) is 12.2 Å². The molecule has 0 aliphatic carbocycles. The quantitative estimate of drug-likeness (QED) is 0.798. The van der Waals surface area contributed by atoms with E-state index in [1.807, 2.05) is 19.1 Å². The number of nitrogens with zero attached hydrogens (tertiary/aromatic N) is 1. The van der Waals surface area contributed by atoms with Crippen LogP contribution < -0.4 is 16.0 Å². The minimum atomic E-state index is -0.722. The molecule has 4 heteroatoms. The lowest BCUT2D eigenvalue weighted by molar-refractivity contribution is -0.123. The molecule has 0 aliphatic rings. The van der Waals surface area contributed by atoms with Gasteiger partial charge in [0.2, 0.25) is 5.91 Å². The highest BCUT2D eigenvalue weighted by Crippen LogP contribution is 2.18. The molecular formula is C14H23N3O. The fourth-order valence-corrected chi connectivity index (χ4v) is 1.87. The fraction of sp³-hybridized carbons (Fsp3) is 0.500. The van der Waals surface area contributed by atoms with E-state index in [0.29, 0.717) is 6.54 Å². The van der Waals surface area contributed by atoms with Gasteiger partial charge in [-0.1, -0.05) is 12.1 Å². The summed E-state index contributed by atoms with van der Waals surface area (Å²) in [5.41, 5.74) is 7.06. The highest BCUT2D eigenvalue weighted by molar-refractivity contribution is 5.85. The number of hydrogen-bond donors (Lipinski definition) is 2. The van der Waals surface area contributed by atoms with Crippen LogP contribution in [0.3, 0.4) is 0 Å². The lowest BCUT2D eigenvalue weighted by Gasteiger charge is -2.34. The summed E-state index contributed by atoms with van der Waals surface area (Å²) in [7, 11) is 1.76. The Morgan fingerprint density at radius 1 is 1.50 bits per heavy atom. The Morgan fingerprint density at radius 2 is 2.17 bits per heavy atom. The van der Waals surface area contributed by atoms with Crippen LogP contribution in [0.4, 0.5) is 5.69 Å². The molecule has 1 rings (SSSR count). The number of likely N-dealkylation sites (N-methyl/N-ethyl adjacent to an activating group) is 2. The topological polar surface area (TPSA) is 58.4 Å². The molecule has 0 spiro atoms. The molecular weight excluding hydrogens is 226 g/mol. The van der Waals surface area contributed by atoms with Crippen LogP contribution in [-0.4, -0.2) is 31.6 Å². The van der Waals surface area contributed by atoms with Crippen LogP contribution >= 0.6 is 0 Å². The predicted octanol–water partition coefficient (Wildman–Crippen LogP) is 1.28. The van der Waals surface area contributed by atoms with Gasteiger partial charge >= 0.3 is 0 Å². The van der Waals surface area contributed by atoms with Gasteiger partial charge in [-0.3, -0.25) is 4.79 Å². The van der Waals surface area contributed by atoms with Gasteiger partial charge in [0, 0.05) is 18.8 Å². The van der Waals surface area contributed by atoms with E-state index in [9.17, 15) is 4.79 Å². The smallest absolute Gasteiger partial charge is 0.239 e. The fourth-order valence-electron chi connectivity index (χ4n) is 1.87. The maximum Gasteiger partial charge on any atom is 0.239 e. The van der Waals surface area contributed by atoms with Crippen LogP contribution in [-0.2, 0) is 4.79 Å². The Morgan fingerprint density at radius 3 is 2.61 bits per heavy atom. The molecule has 0 aliphatic heterocycles. The average Bonchev–Trinajstić information content (AvgIpc) is 2.35. The van der Waals surface area contributed by atoms with Crippen molar-refractivity contribution in [3.8, 4) is 0 Å². The number of carbonyl (C=O) groups is 1. The van der Waals surface area contributed by atoms with Crippen LogP contribution in [0.15, 0.2) is 24.3 Å². The molecule has 18 heavy (non-hydrogen) atoms. The van der Waals surface area contributed by atoms with E-state index in [4.69, 9.17) is 5.73 Å². The van der Waals surface area contributed by atoms with Crippen molar-refractivity contribution in [1.29, 1.82) is 0 Å². The van der Waals surface area contributed by atoms with E-state index >= 15 is 0 Å². The first-order chi connectivity index (χ1) is 8.42. The van der Waals surface area contributed by atoms with Crippen molar-refractivity contribution in [3.05, 3.63) is 29.8 Å². The molecule has 0 fully saturated rings. The van der Waals surface area contributed by atoms with Crippen molar-refractivity contribution in [2.24, 2.45) is 5.73 Å². The molecule has 0 saturated carbocycles. The number of primary amides is 1. The Labute approximate surface area is 109 Å². The summed E-state index contributed by atoms with van der Waals surface area (Å²) in [4.78, 5) is 13.7. The molecule has 0 radical (unpaired) electrons. The molecule has 0 heterocycles. The number of carbonyl (C=O) groups excluding carboxylic acids is 1. The molecule has 0 saturated heterocycles. The number of nitrogens with one attached hydrogen (secondary N) is 1. The Kier molecular flexibility index (Phi) is 4.73. The molecule has 1 unspecified atom stereocenters. The van der Waals surface area contributed by atoms with Gasteiger partial charge in [-0.05, 0) is 45.5 Å². The Bertz CT molecular complexity index is 419. The highest BCUT2D eigenvalue weighted by Gasteiger charge is 2.31.